The Kier molecular flexibility index (Phi) is 13.4. The predicted octanol–water partition coefficient (Wildman–Crippen LogP) is 2.30. The standard InChI is InChI=1S/C39H54N6O7/c1-26(2)21-31(35(43-50)39(4)25-52-39)41-37(48)33(23-29-13-9-6-10-14-29)45-27(3)22-32(38(45)49)42-36(47)30(16-15-28-11-7-5-8-12-28)40-34(46)24-44-17-19-51-20-18-44/h5-14,26-27,30-33,50H,15-25H2,1-4H3,(H,40,46)(H,41,48)(H,42,47)/b43-35-/t27?,30-,31-,32-,33-,39+/m0/s1. The molecule has 52 heavy (non-hydrogen) atoms. The van der Waals surface area contributed by atoms with Gasteiger partial charge in [-0.1, -0.05) is 79.7 Å². The van der Waals surface area contributed by atoms with Crippen molar-refractivity contribution in [3.63, 3.8) is 0 Å². The molecule has 3 aliphatic heterocycles. The maximum Gasteiger partial charge on any atom is 0.246 e. The highest BCUT2D eigenvalue weighted by atomic mass is 16.6. The number of oxime groups is 1. The van der Waals surface area contributed by atoms with Crippen LogP contribution < -0.4 is 16.0 Å². The number of likely N-dealkylation sites (tertiary alicyclic amines) is 1. The molecular formula is C39H54N6O7. The maximum atomic E-state index is 14.3. The van der Waals surface area contributed by atoms with E-state index in [1.165, 1.54) is 0 Å². The fraction of sp³-hybridized carbons (Fsp3) is 0.564. The predicted molar refractivity (Wildman–Crippen MR) is 196 cm³/mol. The summed E-state index contributed by atoms with van der Waals surface area (Å²) in [5, 5.41) is 22.5. The lowest BCUT2D eigenvalue weighted by Gasteiger charge is -2.33. The van der Waals surface area contributed by atoms with Crippen LogP contribution >= 0.6 is 0 Å². The van der Waals surface area contributed by atoms with Crippen molar-refractivity contribution in [2.24, 2.45) is 11.1 Å². The third-order valence-corrected chi connectivity index (χ3v) is 10.1. The molecule has 0 spiro atoms. The highest BCUT2D eigenvalue weighted by Gasteiger charge is 2.50. The molecule has 0 aliphatic carbocycles. The minimum Gasteiger partial charge on any atom is -0.411 e. The van der Waals surface area contributed by atoms with Crippen LogP contribution in [0, 0.1) is 5.92 Å². The first-order valence-electron chi connectivity index (χ1n) is 18.4. The lowest BCUT2D eigenvalue weighted by atomic mass is 9.92. The number of morpholine rings is 1. The SMILES string of the molecule is CC(C)C[C@H](NC(=O)[C@H](Cc1ccccc1)N1C(=O)[C@@H](NC(=O)[C@H](CCc2ccccc2)NC(=O)CN2CCOCC2)CC1C)/C(=N/O)[C@@]1(C)CO1. The van der Waals surface area contributed by atoms with Crippen LogP contribution in [0.5, 0.6) is 0 Å². The zero-order valence-electron chi connectivity index (χ0n) is 30.8. The molecule has 0 aromatic heterocycles. The van der Waals surface area contributed by atoms with Crippen LogP contribution in [-0.2, 0) is 41.5 Å². The van der Waals surface area contributed by atoms with Gasteiger partial charge in [0.15, 0.2) is 0 Å². The van der Waals surface area contributed by atoms with Gasteiger partial charge in [-0.2, -0.15) is 0 Å². The molecule has 6 atom stereocenters. The summed E-state index contributed by atoms with van der Waals surface area (Å²) in [6, 6.07) is 15.6. The minimum atomic E-state index is -0.906. The zero-order valence-corrected chi connectivity index (χ0v) is 30.8. The summed E-state index contributed by atoms with van der Waals surface area (Å²) >= 11 is 0. The van der Waals surface area contributed by atoms with E-state index in [1.807, 2.05) is 93.3 Å². The molecule has 3 saturated heterocycles. The summed E-state index contributed by atoms with van der Waals surface area (Å²) in [7, 11) is 0. The van der Waals surface area contributed by atoms with Gasteiger partial charge in [-0.15, -0.1) is 0 Å². The number of nitrogens with one attached hydrogen (secondary N) is 3. The number of aryl methyl sites for hydroxylation is 1. The molecule has 0 bridgehead atoms. The first-order valence-corrected chi connectivity index (χ1v) is 18.4. The van der Waals surface area contributed by atoms with Crippen molar-refractivity contribution < 1.29 is 33.9 Å². The van der Waals surface area contributed by atoms with Crippen molar-refractivity contribution in [1.29, 1.82) is 0 Å². The summed E-state index contributed by atoms with van der Waals surface area (Å²) in [6.45, 7) is 10.6. The quantitative estimate of drug-likeness (QED) is 0.0838. The molecule has 5 rings (SSSR count). The molecule has 0 saturated carbocycles. The van der Waals surface area contributed by atoms with Gasteiger partial charge in [0.25, 0.3) is 0 Å². The molecule has 282 valence electrons. The number of epoxide rings is 1. The smallest absolute Gasteiger partial charge is 0.246 e. The molecule has 3 fully saturated rings. The van der Waals surface area contributed by atoms with Crippen molar-refractivity contribution in [2.45, 2.75) is 95.6 Å². The first kappa shape index (κ1) is 38.9. The molecule has 3 heterocycles. The summed E-state index contributed by atoms with van der Waals surface area (Å²) in [5.74, 6) is -1.31. The van der Waals surface area contributed by atoms with Crippen LogP contribution in [0.3, 0.4) is 0 Å². The van der Waals surface area contributed by atoms with E-state index in [0.29, 0.717) is 64.3 Å². The van der Waals surface area contributed by atoms with Crippen LogP contribution in [0.15, 0.2) is 65.8 Å². The Hall–Kier alpha value is -4.33. The number of carbonyl (C=O) groups is 4. The summed E-state index contributed by atoms with van der Waals surface area (Å²) in [4.78, 5) is 59.1. The number of rotatable bonds is 17. The summed E-state index contributed by atoms with van der Waals surface area (Å²) < 4.78 is 11.0. The number of carbonyl (C=O) groups excluding carboxylic acids is 4. The van der Waals surface area contributed by atoms with Gasteiger partial charge >= 0.3 is 0 Å². The Morgan fingerprint density at radius 1 is 0.962 bits per heavy atom. The molecule has 13 heteroatoms. The van der Waals surface area contributed by atoms with Crippen LogP contribution in [-0.4, -0.2) is 120 Å². The second-order valence-corrected chi connectivity index (χ2v) is 14.8. The number of ether oxygens (including phenoxy) is 2. The zero-order chi connectivity index (χ0) is 37.3. The first-order chi connectivity index (χ1) is 25.0. The molecule has 2 aromatic rings. The highest BCUT2D eigenvalue weighted by Crippen LogP contribution is 2.31. The average molecular weight is 719 g/mol. The van der Waals surface area contributed by atoms with Gasteiger partial charge in [0, 0.05) is 25.6 Å². The van der Waals surface area contributed by atoms with Gasteiger partial charge in [0.2, 0.25) is 23.6 Å². The number of benzene rings is 2. The molecule has 13 nitrogen and oxygen atoms in total. The fourth-order valence-corrected chi connectivity index (χ4v) is 7.17. The maximum absolute atomic E-state index is 14.3. The summed E-state index contributed by atoms with van der Waals surface area (Å²) in [5.41, 5.74) is 1.47. The second kappa shape index (κ2) is 17.9. The Morgan fingerprint density at radius 2 is 1.60 bits per heavy atom. The third kappa shape index (κ3) is 10.4. The van der Waals surface area contributed by atoms with Gasteiger partial charge in [-0.3, -0.25) is 24.1 Å². The Morgan fingerprint density at radius 3 is 2.19 bits per heavy atom. The van der Waals surface area contributed by atoms with Gasteiger partial charge in [-0.25, -0.2) is 0 Å². The van der Waals surface area contributed by atoms with E-state index in [0.717, 1.165) is 11.1 Å². The second-order valence-electron chi connectivity index (χ2n) is 14.8. The number of hydrogen-bond donors (Lipinski definition) is 4. The van der Waals surface area contributed by atoms with Crippen LogP contribution in [0.1, 0.15) is 58.1 Å². The van der Waals surface area contributed by atoms with Crippen molar-refractivity contribution >= 4 is 29.3 Å². The minimum absolute atomic E-state index is 0.147. The largest absolute Gasteiger partial charge is 0.411 e. The number of amides is 4. The van der Waals surface area contributed by atoms with E-state index in [2.05, 4.69) is 21.1 Å². The monoisotopic (exact) mass is 718 g/mol. The molecule has 4 N–H and O–H groups in total. The fourth-order valence-electron chi connectivity index (χ4n) is 7.17. The van der Waals surface area contributed by atoms with E-state index in [9.17, 15) is 24.4 Å². The number of nitrogens with zero attached hydrogens (tertiary/aromatic N) is 3. The van der Waals surface area contributed by atoms with Crippen molar-refractivity contribution in [3.05, 3.63) is 71.8 Å². The topological polar surface area (TPSA) is 165 Å². The van der Waals surface area contributed by atoms with E-state index in [1.54, 1.807) is 4.90 Å². The summed E-state index contributed by atoms with van der Waals surface area (Å²) in [6.07, 6.45) is 1.94. The highest BCUT2D eigenvalue weighted by molar-refractivity contribution is 6.02. The lowest BCUT2D eigenvalue weighted by molar-refractivity contribution is -0.141. The lowest BCUT2D eigenvalue weighted by Crippen LogP contribution is -2.57. The van der Waals surface area contributed by atoms with Crippen LogP contribution in [0.25, 0.3) is 0 Å². The van der Waals surface area contributed by atoms with Crippen LogP contribution in [0.2, 0.25) is 0 Å². The van der Waals surface area contributed by atoms with Gasteiger partial charge in [-0.05, 0) is 56.6 Å². The number of hydrogen-bond acceptors (Lipinski definition) is 9. The van der Waals surface area contributed by atoms with Crippen molar-refractivity contribution in [3.8, 4) is 0 Å². The van der Waals surface area contributed by atoms with Crippen LogP contribution in [0.4, 0.5) is 0 Å². The van der Waals surface area contributed by atoms with E-state index < -0.39 is 35.7 Å². The third-order valence-electron chi connectivity index (χ3n) is 10.1. The van der Waals surface area contributed by atoms with Crippen molar-refractivity contribution in [1.82, 2.24) is 25.8 Å². The molecular weight excluding hydrogens is 664 g/mol. The molecule has 1 unspecified atom stereocenters. The van der Waals surface area contributed by atoms with E-state index >= 15 is 0 Å². The normalized spacial score (nSPS) is 23.9. The average Bonchev–Trinajstić information content (AvgIpc) is 3.81. The van der Waals surface area contributed by atoms with E-state index in [4.69, 9.17) is 9.47 Å². The Labute approximate surface area is 306 Å². The Balaban J connectivity index is 1.32. The van der Waals surface area contributed by atoms with Crippen molar-refractivity contribution in [2.75, 3.05) is 39.5 Å². The molecule has 2 aromatic carbocycles. The van der Waals surface area contributed by atoms with E-state index in [-0.39, 0.29) is 42.6 Å². The van der Waals surface area contributed by atoms with Gasteiger partial charge in [0.1, 0.15) is 29.4 Å². The molecule has 3 aliphatic rings. The molecule has 0 radical (unpaired) electrons. The van der Waals surface area contributed by atoms with Gasteiger partial charge in [0.05, 0.1) is 32.4 Å². The molecule has 4 amide bonds. The Bertz CT molecular complexity index is 1540. The van der Waals surface area contributed by atoms with Gasteiger partial charge < -0.3 is 35.5 Å².